The number of aliphatic carboxylic acids is 1. The second-order valence-electron chi connectivity index (χ2n) is 5.86. The van der Waals surface area contributed by atoms with E-state index in [0.29, 0.717) is 13.0 Å². The first kappa shape index (κ1) is 15.0. The largest absolute Gasteiger partial charge is 0.481 e. The van der Waals surface area contributed by atoms with Crippen LogP contribution in [0.15, 0.2) is 0 Å². The number of carboxylic acid groups (broad SMARTS) is 1. The van der Waals surface area contributed by atoms with Crippen LogP contribution in [0.2, 0.25) is 0 Å². The van der Waals surface area contributed by atoms with Crippen LogP contribution in [0.25, 0.3) is 0 Å². The molecule has 1 fully saturated rings. The molecule has 1 saturated heterocycles. The summed E-state index contributed by atoms with van der Waals surface area (Å²) in [6.45, 7) is 7.43. The van der Waals surface area contributed by atoms with Gasteiger partial charge in [0.15, 0.2) is 0 Å². The van der Waals surface area contributed by atoms with Crippen molar-refractivity contribution in [1.82, 2.24) is 10.2 Å². The van der Waals surface area contributed by atoms with Gasteiger partial charge in [-0.05, 0) is 33.6 Å². The molecule has 0 aliphatic carbocycles. The Bertz CT molecular complexity index is 310. The molecule has 1 rings (SSSR count). The fraction of sp³-hybridized carbons (Fsp3) is 0.846. The molecule has 0 spiro atoms. The average molecular weight is 256 g/mol. The predicted octanol–water partition coefficient (Wildman–Crippen LogP) is 1.23. The van der Waals surface area contributed by atoms with Crippen LogP contribution < -0.4 is 5.32 Å². The maximum atomic E-state index is 11.6. The number of carbonyl (C=O) groups is 2. The Morgan fingerprint density at radius 1 is 1.50 bits per heavy atom. The normalized spacial score (nSPS) is 21.6. The zero-order valence-corrected chi connectivity index (χ0v) is 11.5. The summed E-state index contributed by atoms with van der Waals surface area (Å²) in [5, 5.41) is 11.7. The van der Waals surface area contributed by atoms with E-state index in [1.165, 1.54) is 0 Å². The third kappa shape index (κ3) is 4.64. The molecule has 0 radical (unpaired) electrons. The van der Waals surface area contributed by atoms with E-state index in [-0.39, 0.29) is 23.9 Å². The van der Waals surface area contributed by atoms with Crippen molar-refractivity contribution < 1.29 is 14.7 Å². The summed E-state index contributed by atoms with van der Waals surface area (Å²) in [5.41, 5.74) is -0.120. The van der Waals surface area contributed by atoms with Gasteiger partial charge in [0.2, 0.25) is 5.91 Å². The van der Waals surface area contributed by atoms with Crippen LogP contribution in [0, 0.1) is 0 Å². The second-order valence-corrected chi connectivity index (χ2v) is 5.86. The van der Waals surface area contributed by atoms with E-state index in [2.05, 4.69) is 31.0 Å². The lowest BCUT2D eigenvalue weighted by Crippen LogP contribution is -2.49. The summed E-state index contributed by atoms with van der Waals surface area (Å²) in [7, 11) is 0. The van der Waals surface area contributed by atoms with Crippen molar-refractivity contribution in [3.8, 4) is 0 Å². The van der Waals surface area contributed by atoms with Crippen molar-refractivity contribution in [2.45, 2.75) is 58.0 Å². The summed E-state index contributed by atoms with van der Waals surface area (Å²) in [6, 6.07) is 0.145. The standard InChI is InChI=1S/C13H24N2O3/c1-13(2,3)15(8-6-12(17)18)10-5-4-7-14-11(16)9-10/h10H,4-9H2,1-3H3,(H,14,16)(H,17,18). The van der Waals surface area contributed by atoms with E-state index in [4.69, 9.17) is 5.11 Å². The molecular formula is C13H24N2O3. The minimum atomic E-state index is -0.790. The number of carboxylic acids is 1. The molecule has 2 N–H and O–H groups in total. The molecule has 1 unspecified atom stereocenters. The van der Waals surface area contributed by atoms with Crippen molar-refractivity contribution in [2.24, 2.45) is 0 Å². The minimum absolute atomic E-state index is 0.0714. The highest BCUT2D eigenvalue weighted by Gasteiger charge is 2.31. The van der Waals surface area contributed by atoms with Crippen LogP contribution in [0.4, 0.5) is 0 Å². The first-order valence-corrected chi connectivity index (χ1v) is 6.56. The Labute approximate surface area is 109 Å². The minimum Gasteiger partial charge on any atom is -0.481 e. The Morgan fingerprint density at radius 2 is 2.17 bits per heavy atom. The molecule has 1 aliphatic rings. The predicted molar refractivity (Wildman–Crippen MR) is 69.4 cm³/mol. The Morgan fingerprint density at radius 3 is 2.72 bits per heavy atom. The smallest absolute Gasteiger partial charge is 0.304 e. The number of hydrogen-bond acceptors (Lipinski definition) is 3. The van der Waals surface area contributed by atoms with Crippen molar-refractivity contribution in [1.29, 1.82) is 0 Å². The molecule has 0 saturated carbocycles. The molecule has 1 atom stereocenters. The van der Waals surface area contributed by atoms with Crippen LogP contribution in [-0.4, -0.2) is 46.6 Å². The second kappa shape index (κ2) is 6.18. The first-order valence-electron chi connectivity index (χ1n) is 6.56. The van der Waals surface area contributed by atoms with Gasteiger partial charge in [-0.15, -0.1) is 0 Å². The lowest BCUT2D eigenvalue weighted by Gasteiger charge is -2.41. The van der Waals surface area contributed by atoms with E-state index < -0.39 is 5.97 Å². The number of rotatable bonds is 4. The Kier molecular flexibility index (Phi) is 5.14. The van der Waals surface area contributed by atoms with Crippen molar-refractivity contribution in [3.05, 3.63) is 0 Å². The Hall–Kier alpha value is -1.10. The summed E-state index contributed by atoms with van der Waals surface area (Å²) in [4.78, 5) is 24.5. The monoisotopic (exact) mass is 256 g/mol. The van der Waals surface area contributed by atoms with Gasteiger partial charge in [0.25, 0.3) is 0 Å². The zero-order valence-electron chi connectivity index (χ0n) is 11.5. The molecule has 1 aliphatic heterocycles. The van der Waals surface area contributed by atoms with Crippen LogP contribution in [0.5, 0.6) is 0 Å². The summed E-state index contributed by atoms with van der Waals surface area (Å²) >= 11 is 0. The number of nitrogens with zero attached hydrogens (tertiary/aromatic N) is 1. The van der Waals surface area contributed by atoms with Gasteiger partial charge in [-0.25, -0.2) is 0 Å². The average Bonchev–Trinajstić information content (AvgIpc) is 2.40. The highest BCUT2D eigenvalue weighted by molar-refractivity contribution is 5.76. The van der Waals surface area contributed by atoms with Crippen LogP contribution in [-0.2, 0) is 9.59 Å². The Balaban J connectivity index is 2.74. The van der Waals surface area contributed by atoms with Gasteiger partial charge in [0, 0.05) is 31.1 Å². The van der Waals surface area contributed by atoms with E-state index in [1.54, 1.807) is 0 Å². The molecule has 0 aromatic carbocycles. The van der Waals surface area contributed by atoms with E-state index >= 15 is 0 Å². The molecule has 1 amide bonds. The fourth-order valence-electron chi connectivity index (χ4n) is 2.50. The molecule has 5 nitrogen and oxygen atoms in total. The van der Waals surface area contributed by atoms with E-state index in [9.17, 15) is 9.59 Å². The molecule has 0 aromatic heterocycles. The molecule has 1 heterocycles. The van der Waals surface area contributed by atoms with E-state index in [1.807, 2.05) is 0 Å². The number of hydrogen-bond donors (Lipinski definition) is 2. The lowest BCUT2D eigenvalue weighted by atomic mass is 9.98. The molecule has 104 valence electrons. The summed E-state index contributed by atoms with van der Waals surface area (Å²) in [6.07, 6.45) is 2.48. The van der Waals surface area contributed by atoms with Crippen molar-refractivity contribution >= 4 is 11.9 Å². The lowest BCUT2D eigenvalue weighted by molar-refractivity contribution is -0.137. The molecule has 0 bridgehead atoms. The van der Waals surface area contributed by atoms with Crippen LogP contribution in [0.3, 0.4) is 0 Å². The topological polar surface area (TPSA) is 69.6 Å². The first-order chi connectivity index (χ1) is 8.30. The highest BCUT2D eigenvalue weighted by atomic mass is 16.4. The van der Waals surface area contributed by atoms with Crippen LogP contribution >= 0.6 is 0 Å². The van der Waals surface area contributed by atoms with Gasteiger partial charge < -0.3 is 10.4 Å². The highest BCUT2D eigenvalue weighted by Crippen LogP contribution is 2.23. The van der Waals surface area contributed by atoms with E-state index in [0.717, 1.165) is 19.4 Å². The van der Waals surface area contributed by atoms with Gasteiger partial charge in [0.05, 0.1) is 6.42 Å². The van der Waals surface area contributed by atoms with Gasteiger partial charge in [-0.2, -0.15) is 0 Å². The number of nitrogens with one attached hydrogen (secondary N) is 1. The van der Waals surface area contributed by atoms with Gasteiger partial charge in [-0.1, -0.05) is 0 Å². The van der Waals surface area contributed by atoms with Gasteiger partial charge in [-0.3, -0.25) is 14.5 Å². The maximum Gasteiger partial charge on any atom is 0.304 e. The molecule has 5 heteroatoms. The molecular weight excluding hydrogens is 232 g/mol. The SMILES string of the molecule is CC(C)(C)N(CCC(=O)O)C1CCCNC(=O)C1. The molecule has 0 aromatic rings. The number of carbonyl (C=O) groups excluding carboxylic acids is 1. The quantitative estimate of drug-likeness (QED) is 0.793. The van der Waals surface area contributed by atoms with Gasteiger partial charge in [0.1, 0.15) is 0 Å². The van der Waals surface area contributed by atoms with Gasteiger partial charge >= 0.3 is 5.97 Å². The summed E-state index contributed by atoms with van der Waals surface area (Å²) < 4.78 is 0. The molecule has 18 heavy (non-hydrogen) atoms. The third-order valence-electron chi connectivity index (χ3n) is 3.33. The zero-order chi connectivity index (χ0) is 13.8. The third-order valence-corrected chi connectivity index (χ3v) is 3.33. The van der Waals surface area contributed by atoms with Crippen molar-refractivity contribution in [3.63, 3.8) is 0 Å². The fourth-order valence-corrected chi connectivity index (χ4v) is 2.50. The van der Waals surface area contributed by atoms with Crippen molar-refractivity contribution in [2.75, 3.05) is 13.1 Å². The van der Waals surface area contributed by atoms with Crippen LogP contribution in [0.1, 0.15) is 46.5 Å². The summed E-state index contributed by atoms with van der Waals surface area (Å²) in [5.74, 6) is -0.718. The number of amides is 1. The maximum absolute atomic E-state index is 11.6.